The summed E-state index contributed by atoms with van der Waals surface area (Å²) >= 11 is 0. The summed E-state index contributed by atoms with van der Waals surface area (Å²) in [5.74, 6) is 1.67. The highest BCUT2D eigenvalue weighted by Crippen LogP contribution is 2.28. The molecule has 0 radical (unpaired) electrons. The van der Waals surface area contributed by atoms with E-state index in [4.69, 9.17) is 0 Å². The minimum absolute atomic E-state index is 0.250. The van der Waals surface area contributed by atoms with E-state index >= 15 is 0 Å². The summed E-state index contributed by atoms with van der Waals surface area (Å²) in [5, 5.41) is 5.27. The molecule has 1 amide bonds. The Kier molecular flexibility index (Phi) is 4.69. The van der Waals surface area contributed by atoms with Crippen LogP contribution in [0.15, 0.2) is 12.5 Å². The molecule has 24 heavy (non-hydrogen) atoms. The van der Waals surface area contributed by atoms with Gasteiger partial charge in [-0.15, -0.1) is 0 Å². The lowest BCUT2D eigenvalue weighted by Gasteiger charge is -2.33. The van der Waals surface area contributed by atoms with Gasteiger partial charge in [0.25, 0.3) is 0 Å². The topological polar surface area (TPSA) is 67.2 Å². The van der Waals surface area contributed by atoms with Gasteiger partial charge in [0.1, 0.15) is 12.1 Å². The molecule has 1 aliphatic rings. The standard InChI is InChI=1S/C17H26N6O/c1-12(2)21(3)15(24)9-13-5-7-23(8-6-13)17-14-10-20-22(4)16(14)18-11-19-17/h10-13H,5-9H2,1-4H3. The monoisotopic (exact) mass is 330 g/mol. The first-order valence-electron chi connectivity index (χ1n) is 8.60. The predicted molar refractivity (Wildman–Crippen MR) is 93.8 cm³/mol. The lowest BCUT2D eigenvalue weighted by atomic mass is 9.92. The van der Waals surface area contributed by atoms with Crippen molar-refractivity contribution in [3.63, 3.8) is 0 Å². The summed E-state index contributed by atoms with van der Waals surface area (Å²) in [5.41, 5.74) is 0.857. The molecule has 1 aliphatic heterocycles. The molecule has 7 heteroatoms. The van der Waals surface area contributed by atoms with E-state index < -0.39 is 0 Å². The molecule has 7 nitrogen and oxygen atoms in total. The van der Waals surface area contributed by atoms with Crippen LogP contribution in [-0.2, 0) is 11.8 Å². The first kappa shape index (κ1) is 16.7. The fraction of sp³-hybridized carbons (Fsp3) is 0.647. The Hall–Kier alpha value is -2.18. The van der Waals surface area contributed by atoms with Crippen LogP contribution in [0.25, 0.3) is 11.0 Å². The number of piperidine rings is 1. The molecule has 0 atom stereocenters. The average Bonchev–Trinajstić information content (AvgIpc) is 2.96. The maximum atomic E-state index is 12.3. The second-order valence-electron chi connectivity index (χ2n) is 6.94. The van der Waals surface area contributed by atoms with Gasteiger partial charge >= 0.3 is 0 Å². The third-order valence-corrected chi connectivity index (χ3v) is 5.05. The van der Waals surface area contributed by atoms with E-state index in [1.165, 1.54) is 0 Å². The number of carbonyl (C=O) groups excluding carboxylic acids is 1. The molecule has 0 bridgehead atoms. The van der Waals surface area contributed by atoms with Gasteiger partial charge in [0.2, 0.25) is 5.91 Å². The third kappa shape index (κ3) is 3.20. The van der Waals surface area contributed by atoms with Crippen LogP contribution in [0, 0.1) is 5.92 Å². The second-order valence-corrected chi connectivity index (χ2v) is 6.94. The van der Waals surface area contributed by atoms with Crippen molar-refractivity contribution in [3.05, 3.63) is 12.5 Å². The molecule has 3 heterocycles. The van der Waals surface area contributed by atoms with Crippen LogP contribution in [0.4, 0.5) is 5.82 Å². The quantitative estimate of drug-likeness (QED) is 0.856. The molecule has 0 unspecified atom stereocenters. The number of hydrogen-bond acceptors (Lipinski definition) is 5. The van der Waals surface area contributed by atoms with Gasteiger partial charge in [-0.2, -0.15) is 5.10 Å². The predicted octanol–water partition coefficient (Wildman–Crippen LogP) is 1.84. The molecule has 130 valence electrons. The molecule has 0 aliphatic carbocycles. The van der Waals surface area contributed by atoms with Gasteiger partial charge in [-0.05, 0) is 32.6 Å². The van der Waals surface area contributed by atoms with Crippen LogP contribution >= 0.6 is 0 Å². The molecule has 3 rings (SSSR count). The van der Waals surface area contributed by atoms with Crippen molar-refractivity contribution in [2.24, 2.45) is 13.0 Å². The number of amides is 1. The average molecular weight is 330 g/mol. The Morgan fingerprint density at radius 3 is 2.71 bits per heavy atom. The van der Waals surface area contributed by atoms with Gasteiger partial charge in [-0.25, -0.2) is 9.97 Å². The minimum atomic E-state index is 0.250. The zero-order valence-electron chi connectivity index (χ0n) is 14.9. The molecule has 1 fully saturated rings. The Balaban J connectivity index is 1.64. The normalized spacial score (nSPS) is 16.1. The van der Waals surface area contributed by atoms with Gasteiger partial charge in [0, 0.05) is 39.6 Å². The number of aromatic nitrogens is 4. The summed E-state index contributed by atoms with van der Waals surface area (Å²) in [6, 6.07) is 0.262. The van der Waals surface area contributed by atoms with Crippen LogP contribution in [0.2, 0.25) is 0 Å². The molecule has 2 aromatic heterocycles. The van der Waals surface area contributed by atoms with E-state index in [9.17, 15) is 4.79 Å². The van der Waals surface area contributed by atoms with Crippen molar-refractivity contribution in [1.29, 1.82) is 0 Å². The van der Waals surface area contributed by atoms with Gasteiger partial charge in [-0.1, -0.05) is 0 Å². The van der Waals surface area contributed by atoms with Crippen molar-refractivity contribution in [3.8, 4) is 0 Å². The van der Waals surface area contributed by atoms with Crippen LogP contribution < -0.4 is 4.90 Å². The lowest BCUT2D eigenvalue weighted by molar-refractivity contribution is -0.132. The fourth-order valence-electron chi connectivity index (χ4n) is 3.23. The smallest absolute Gasteiger partial charge is 0.222 e. The molecule has 1 saturated heterocycles. The first-order chi connectivity index (χ1) is 11.5. The Bertz CT molecular complexity index is 717. The van der Waals surface area contributed by atoms with Crippen molar-refractivity contribution >= 4 is 22.8 Å². The highest BCUT2D eigenvalue weighted by molar-refractivity contribution is 5.86. The molecular weight excluding hydrogens is 304 g/mol. The van der Waals surface area contributed by atoms with Crippen LogP contribution in [0.1, 0.15) is 33.1 Å². The number of carbonyl (C=O) groups is 1. The number of nitrogens with zero attached hydrogens (tertiary/aromatic N) is 6. The Labute approximate surface area is 142 Å². The van der Waals surface area contributed by atoms with E-state index in [0.717, 1.165) is 42.8 Å². The number of rotatable bonds is 4. The van der Waals surface area contributed by atoms with Gasteiger partial charge in [0.15, 0.2) is 5.65 Å². The molecule has 0 N–H and O–H groups in total. The summed E-state index contributed by atoms with van der Waals surface area (Å²) in [7, 11) is 3.78. The highest BCUT2D eigenvalue weighted by atomic mass is 16.2. The number of hydrogen-bond donors (Lipinski definition) is 0. The van der Waals surface area contributed by atoms with Gasteiger partial charge in [-0.3, -0.25) is 9.48 Å². The highest BCUT2D eigenvalue weighted by Gasteiger charge is 2.25. The Morgan fingerprint density at radius 2 is 2.04 bits per heavy atom. The molecule has 0 spiro atoms. The van der Waals surface area contributed by atoms with Crippen LogP contribution in [-0.4, -0.2) is 56.7 Å². The SMILES string of the molecule is CC(C)N(C)C(=O)CC1CCN(c2ncnc3c2cnn3C)CC1. The number of aryl methyl sites for hydroxylation is 1. The van der Waals surface area contributed by atoms with E-state index in [-0.39, 0.29) is 11.9 Å². The molecule has 0 saturated carbocycles. The lowest BCUT2D eigenvalue weighted by Crippen LogP contribution is -2.38. The van der Waals surface area contributed by atoms with E-state index in [1.54, 1.807) is 11.0 Å². The van der Waals surface area contributed by atoms with Crippen LogP contribution in [0.3, 0.4) is 0 Å². The summed E-state index contributed by atoms with van der Waals surface area (Å²) in [6.45, 7) is 5.94. The summed E-state index contributed by atoms with van der Waals surface area (Å²) in [4.78, 5) is 25.2. The molecular formula is C17H26N6O. The Morgan fingerprint density at radius 1 is 1.33 bits per heavy atom. The van der Waals surface area contributed by atoms with E-state index in [2.05, 4.69) is 33.8 Å². The van der Waals surface area contributed by atoms with Crippen molar-refractivity contribution < 1.29 is 4.79 Å². The van der Waals surface area contributed by atoms with E-state index in [1.807, 2.05) is 25.2 Å². The number of fused-ring (bicyclic) bond motifs is 1. The number of anilines is 1. The molecule has 2 aromatic rings. The third-order valence-electron chi connectivity index (χ3n) is 5.05. The second kappa shape index (κ2) is 6.75. The maximum absolute atomic E-state index is 12.3. The minimum Gasteiger partial charge on any atom is -0.356 e. The zero-order chi connectivity index (χ0) is 17.3. The van der Waals surface area contributed by atoms with Gasteiger partial charge in [0.05, 0.1) is 11.6 Å². The van der Waals surface area contributed by atoms with Crippen LogP contribution in [0.5, 0.6) is 0 Å². The summed E-state index contributed by atoms with van der Waals surface area (Å²) in [6.07, 6.45) is 6.12. The van der Waals surface area contributed by atoms with E-state index in [0.29, 0.717) is 12.3 Å². The van der Waals surface area contributed by atoms with Crippen molar-refractivity contribution in [1.82, 2.24) is 24.6 Å². The van der Waals surface area contributed by atoms with Crippen molar-refractivity contribution in [2.75, 3.05) is 25.0 Å². The molecule has 0 aromatic carbocycles. The first-order valence-corrected chi connectivity index (χ1v) is 8.60. The summed E-state index contributed by atoms with van der Waals surface area (Å²) < 4.78 is 1.77. The van der Waals surface area contributed by atoms with Gasteiger partial charge < -0.3 is 9.80 Å². The fourth-order valence-corrected chi connectivity index (χ4v) is 3.23. The zero-order valence-corrected chi connectivity index (χ0v) is 14.9. The largest absolute Gasteiger partial charge is 0.356 e. The van der Waals surface area contributed by atoms with Crippen molar-refractivity contribution in [2.45, 2.75) is 39.2 Å². The maximum Gasteiger partial charge on any atom is 0.222 e.